The molecule has 86 valence electrons. The van der Waals surface area contributed by atoms with Crippen molar-refractivity contribution in [2.75, 3.05) is 6.54 Å². The molecule has 0 aliphatic heterocycles. The van der Waals surface area contributed by atoms with Crippen LogP contribution in [0.2, 0.25) is 0 Å². The van der Waals surface area contributed by atoms with Gasteiger partial charge in [0.1, 0.15) is 17.9 Å². The summed E-state index contributed by atoms with van der Waals surface area (Å²) in [5.74, 6) is 1.95. The maximum absolute atomic E-state index is 5.44. The van der Waals surface area contributed by atoms with E-state index in [1.54, 1.807) is 6.33 Å². The summed E-state index contributed by atoms with van der Waals surface area (Å²) in [6.45, 7) is 1.62. The smallest absolute Gasteiger partial charge is 0.164 e. The molecule has 1 N–H and O–H groups in total. The van der Waals surface area contributed by atoms with Gasteiger partial charge in [-0.15, -0.1) is 10.2 Å². The Hall–Kier alpha value is -0.890. The lowest BCUT2D eigenvalue weighted by atomic mass is 10.4. The SMILES string of the molecule is Cn1cnnc1CCNCc1ccc(I)o1. The Labute approximate surface area is 107 Å². The average Bonchev–Trinajstić information content (AvgIpc) is 2.83. The van der Waals surface area contributed by atoms with Crippen LogP contribution in [0, 0.1) is 3.77 Å². The summed E-state index contributed by atoms with van der Waals surface area (Å²) in [6.07, 6.45) is 2.58. The van der Waals surface area contributed by atoms with Crippen molar-refractivity contribution in [3.8, 4) is 0 Å². The van der Waals surface area contributed by atoms with Gasteiger partial charge < -0.3 is 14.3 Å². The van der Waals surface area contributed by atoms with Crippen molar-refractivity contribution in [3.63, 3.8) is 0 Å². The molecule has 0 aliphatic rings. The lowest BCUT2D eigenvalue weighted by molar-refractivity contribution is 0.463. The van der Waals surface area contributed by atoms with Crippen molar-refractivity contribution in [2.45, 2.75) is 13.0 Å². The van der Waals surface area contributed by atoms with Gasteiger partial charge in [0.15, 0.2) is 3.77 Å². The van der Waals surface area contributed by atoms with E-state index >= 15 is 0 Å². The molecule has 0 saturated carbocycles. The number of halogens is 1. The van der Waals surface area contributed by atoms with Crippen LogP contribution >= 0.6 is 22.6 Å². The van der Waals surface area contributed by atoms with Crippen LogP contribution in [0.3, 0.4) is 0 Å². The van der Waals surface area contributed by atoms with E-state index in [0.717, 1.165) is 34.9 Å². The van der Waals surface area contributed by atoms with Crippen LogP contribution in [0.15, 0.2) is 22.9 Å². The molecule has 0 unspecified atom stereocenters. The number of nitrogens with zero attached hydrogens (tertiary/aromatic N) is 3. The second-order valence-electron chi connectivity index (χ2n) is 3.49. The molecule has 0 spiro atoms. The number of furan rings is 1. The summed E-state index contributed by atoms with van der Waals surface area (Å²) < 4.78 is 8.28. The minimum Gasteiger partial charge on any atom is -0.454 e. The fraction of sp³-hybridized carbons (Fsp3) is 0.400. The summed E-state index contributed by atoms with van der Waals surface area (Å²) >= 11 is 2.16. The van der Waals surface area contributed by atoms with Crippen LogP contribution in [0.1, 0.15) is 11.6 Å². The highest BCUT2D eigenvalue weighted by Gasteiger charge is 2.01. The van der Waals surface area contributed by atoms with Crippen molar-refractivity contribution in [1.82, 2.24) is 20.1 Å². The van der Waals surface area contributed by atoms with E-state index in [1.807, 2.05) is 23.7 Å². The molecule has 5 nitrogen and oxygen atoms in total. The van der Waals surface area contributed by atoms with Gasteiger partial charge >= 0.3 is 0 Å². The summed E-state index contributed by atoms with van der Waals surface area (Å²) in [5.41, 5.74) is 0. The number of aromatic nitrogens is 3. The second kappa shape index (κ2) is 5.44. The molecular formula is C10H13IN4O. The van der Waals surface area contributed by atoms with Crippen LogP contribution < -0.4 is 5.32 Å². The van der Waals surface area contributed by atoms with Gasteiger partial charge in [-0.05, 0) is 34.7 Å². The number of hydrogen-bond acceptors (Lipinski definition) is 4. The third-order valence-electron chi connectivity index (χ3n) is 2.26. The van der Waals surface area contributed by atoms with Gasteiger partial charge in [0, 0.05) is 20.0 Å². The standard InChI is InChI=1S/C10H13IN4O/c1-15-7-13-14-10(15)4-5-12-6-8-2-3-9(11)16-8/h2-3,7,12H,4-6H2,1H3. The normalized spacial score (nSPS) is 10.9. The summed E-state index contributed by atoms with van der Waals surface area (Å²) in [5, 5.41) is 11.1. The van der Waals surface area contributed by atoms with Crippen LogP contribution in [-0.4, -0.2) is 21.3 Å². The van der Waals surface area contributed by atoms with Crippen molar-refractivity contribution in [1.29, 1.82) is 0 Å². The molecule has 0 fully saturated rings. The Kier molecular flexibility index (Phi) is 3.94. The summed E-state index contributed by atoms with van der Waals surface area (Å²) in [7, 11) is 1.95. The van der Waals surface area contributed by atoms with Crippen LogP contribution in [0.4, 0.5) is 0 Å². The zero-order chi connectivity index (χ0) is 11.4. The largest absolute Gasteiger partial charge is 0.454 e. The molecule has 6 heteroatoms. The Morgan fingerprint density at radius 3 is 3.00 bits per heavy atom. The Morgan fingerprint density at radius 2 is 2.38 bits per heavy atom. The third kappa shape index (κ3) is 3.05. The molecule has 0 bridgehead atoms. The fourth-order valence-electron chi connectivity index (χ4n) is 1.39. The predicted octanol–water partition coefficient (Wildman–Crippen LogP) is 1.34. The van der Waals surface area contributed by atoms with Gasteiger partial charge in [0.2, 0.25) is 0 Å². The number of rotatable bonds is 5. The lowest BCUT2D eigenvalue weighted by Gasteiger charge is -2.02. The average molecular weight is 332 g/mol. The van der Waals surface area contributed by atoms with Gasteiger partial charge in [-0.2, -0.15) is 0 Å². The third-order valence-corrected chi connectivity index (χ3v) is 2.84. The molecule has 0 atom stereocenters. The monoisotopic (exact) mass is 332 g/mol. The van der Waals surface area contributed by atoms with Crippen molar-refractivity contribution < 1.29 is 4.42 Å². The molecule has 2 rings (SSSR count). The lowest BCUT2D eigenvalue weighted by Crippen LogP contribution is -2.17. The van der Waals surface area contributed by atoms with Crippen molar-refractivity contribution in [3.05, 3.63) is 33.8 Å². The minimum absolute atomic E-state index is 0.751. The molecule has 0 aromatic carbocycles. The van der Waals surface area contributed by atoms with E-state index in [2.05, 4.69) is 38.1 Å². The highest BCUT2D eigenvalue weighted by atomic mass is 127. The number of aryl methyl sites for hydroxylation is 1. The first-order chi connectivity index (χ1) is 7.75. The van der Waals surface area contributed by atoms with Crippen LogP contribution in [0.25, 0.3) is 0 Å². The highest BCUT2D eigenvalue weighted by molar-refractivity contribution is 14.1. The maximum Gasteiger partial charge on any atom is 0.164 e. The predicted molar refractivity (Wildman–Crippen MR) is 67.8 cm³/mol. The van der Waals surface area contributed by atoms with E-state index in [-0.39, 0.29) is 0 Å². The highest BCUT2D eigenvalue weighted by Crippen LogP contribution is 2.09. The molecule has 2 aromatic heterocycles. The van der Waals surface area contributed by atoms with Gasteiger partial charge in [-0.1, -0.05) is 0 Å². The van der Waals surface area contributed by atoms with E-state index < -0.39 is 0 Å². The molecule has 0 radical (unpaired) electrons. The van der Waals surface area contributed by atoms with E-state index in [1.165, 1.54) is 0 Å². The number of nitrogens with one attached hydrogen (secondary N) is 1. The molecule has 2 aromatic rings. The Balaban J connectivity index is 1.71. The first-order valence-electron chi connectivity index (χ1n) is 5.03. The van der Waals surface area contributed by atoms with Gasteiger partial charge in [-0.3, -0.25) is 0 Å². The zero-order valence-corrected chi connectivity index (χ0v) is 11.1. The Morgan fingerprint density at radius 1 is 1.50 bits per heavy atom. The van der Waals surface area contributed by atoms with Gasteiger partial charge in [0.05, 0.1) is 6.54 Å². The first-order valence-corrected chi connectivity index (χ1v) is 6.11. The van der Waals surface area contributed by atoms with Gasteiger partial charge in [-0.25, -0.2) is 0 Å². The summed E-state index contributed by atoms with van der Waals surface area (Å²) in [4.78, 5) is 0. The molecule has 0 aliphatic carbocycles. The van der Waals surface area contributed by atoms with Crippen molar-refractivity contribution in [2.24, 2.45) is 7.05 Å². The molecule has 2 heterocycles. The fourth-order valence-corrected chi connectivity index (χ4v) is 1.85. The quantitative estimate of drug-likeness (QED) is 0.663. The van der Waals surface area contributed by atoms with Gasteiger partial charge in [0.25, 0.3) is 0 Å². The van der Waals surface area contributed by atoms with Crippen LogP contribution in [-0.2, 0) is 20.0 Å². The maximum atomic E-state index is 5.44. The van der Waals surface area contributed by atoms with E-state index in [4.69, 9.17) is 4.42 Å². The van der Waals surface area contributed by atoms with Crippen molar-refractivity contribution >= 4 is 22.6 Å². The molecule has 16 heavy (non-hydrogen) atoms. The van der Waals surface area contributed by atoms with E-state index in [0.29, 0.717) is 0 Å². The molecule has 0 amide bonds. The first kappa shape index (κ1) is 11.6. The molecule has 0 saturated heterocycles. The minimum atomic E-state index is 0.751. The topological polar surface area (TPSA) is 55.9 Å². The molecular weight excluding hydrogens is 319 g/mol. The summed E-state index contributed by atoms with van der Waals surface area (Å²) in [6, 6.07) is 3.94. The second-order valence-corrected chi connectivity index (χ2v) is 4.55. The van der Waals surface area contributed by atoms with Crippen LogP contribution in [0.5, 0.6) is 0 Å². The zero-order valence-electron chi connectivity index (χ0n) is 8.98. The Bertz CT molecular complexity index is 451. The van der Waals surface area contributed by atoms with E-state index in [9.17, 15) is 0 Å². The number of hydrogen-bond donors (Lipinski definition) is 1.